The molecule has 1 rings (SSSR count). The molecule has 0 amide bonds. The molecule has 0 bridgehead atoms. The second-order valence-electron chi connectivity index (χ2n) is 4.39. The summed E-state index contributed by atoms with van der Waals surface area (Å²) in [5, 5.41) is 5.33. The normalized spacial score (nSPS) is 12.2. The minimum Gasteiger partial charge on any atom is -0.465 e. The highest BCUT2D eigenvalue weighted by Gasteiger charge is 2.26. The molecule has 0 spiro atoms. The molecule has 22 heavy (non-hydrogen) atoms. The SMILES string of the molecule is CN=C(NCCC(F)(F)F)NCc1cc(C(=O)OC)c(C)o1. The Bertz CT molecular complexity index is 538. The van der Waals surface area contributed by atoms with Crippen LogP contribution in [-0.4, -0.2) is 38.8 Å². The van der Waals surface area contributed by atoms with Crippen molar-refractivity contribution in [2.45, 2.75) is 26.1 Å². The summed E-state index contributed by atoms with van der Waals surface area (Å²) in [6.45, 7) is 1.50. The van der Waals surface area contributed by atoms with Crippen molar-refractivity contribution in [3.05, 3.63) is 23.2 Å². The first kappa shape index (κ1) is 17.9. The highest BCUT2D eigenvalue weighted by molar-refractivity contribution is 5.90. The molecule has 0 aliphatic carbocycles. The first-order valence-electron chi connectivity index (χ1n) is 6.45. The molecule has 0 radical (unpaired) electrons. The smallest absolute Gasteiger partial charge is 0.390 e. The molecule has 124 valence electrons. The van der Waals surface area contributed by atoms with E-state index in [4.69, 9.17) is 4.42 Å². The number of hydrogen-bond donors (Lipinski definition) is 2. The summed E-state index contributed by atoms with van der Waals surface area (Å²) < 4.78 is 46.1. The van der Waals surface area contributed by atoms with Gasteiger partial charge >= 0.3 is 12.1 Å². The van der Waals surface area contributed by atoms with Gasteiger partial charge in [-0.25, -0.2) is 4.79 Å². The van der Waals surface area contributed by atoms with Crippen molar-refractivity contribution in [3.63, 3.8) is 0 Å². The maximum absolute atomic E-state index is 12.1. The number of furan rings is 1. The Morgan fingerprint density at radius 3 is 2.64 bits per heavy atom. The first-order chi connectivity index (χ1) is 10.3. The number of nitrogens with one attached hydrogen (secondary N) is 2. The molecule has 0 unspecified atom stereocenters. The molecular formula is C13H18F3N3O3. The van der Waals surface area contributed by atoms with Gasteiger partial charge in [-0.2, -0.15) is 13.2 Å². The second-order valence-corrected chi connectivity index (χ2v) is 4.39. The third-order valence-electron chi connectivity index (χ3n) is 2.73. The molecule has 0 aromatic carbocycles. The molecule has 9 heteroatoms. The van der Waals surface area contributed by atoms with Crippen LogP contribution in [-0.2, 0) is 11.3 Å². The van der Waals surface area contributed by atoms with Crippen LogP contribution >= 0.6 is 0 Å². The maximum Gasteiger partial charge on any atom is 0.390 e. The predicted octanol–water partition coefficient (Wildman–Crippen LogP) is 1.99. The molecule has 1 aromatic heterocycles. The molecule has 0 aliphatic rings. The van der Waals surface area contributed by atoms with E-state index < -0.39 is 18.6 Å². The van der Waals surface area contributed by atoms with Crippen molar-refractivity contribution >= 4 is 11.9 Å². The minimum absolute atomic E-state index is 0.170. The van der Waals surface area contributed by atoms with Gasteiger partial charge in [0.2, 0.25) is 0 Å². The van der Waals surface area contributed by atoms with Crippen LogP contribution in [0.1, 0.15) is 28.3 Å². The number of halogens is 3. The monoisotopic (exact) mass is 321 g/mol. The first-order valence-corrected chi connectivity index (χ1v) is 6.45. The number of carbonyl (C=O) groups excluding carboxylic acids is 1. The molecule has 6 nitrogen and oxygen atoms in total. The van der Waals surface area contributed by atoms with Crippen LogP contribution in [0.4, 0.5) is 13.2 Å². The fourth-order valence-electron chi connectivity index (χ4n) is 1.66. The Morgan fingerprint density at radius 2 is 2.09 bits per heavy atom. The second kappa shape index (κ2) is 7.71. The van der Waals surface area contributed by atoms with Crippen molar-refractivity contribution in [2.24, 2.45) is 4.99 Å². The van der Waals surface area contributed by atoms with Crippen molar-refractivity contribution < 1.29 is 27.1 Å². The lowest BCUT2D eigenvalue weighted by atomic mass is 10.2. The zero-order chi connectivity index (χ0) is 16.8. The number of aliphatic imine (C=N–C) groups is 1. The molecule has 0 fully saturated rings. The maximum atomic E-state index is 12.1. The fraction of sp³-hybridized carbons (Fsp3) is 0.538. The summed E-state index contributed by atoms with van der Waals surface area (Å²) in [5.74, 6) is 0.540. The van der Waals surface area contributed by atoms with E-state index in [1.54, 1.807) is 6.92 Å². The Balaban J connectivity index is 2.52. The summed E-state index contributed by atoms with van der Waals surface area (Å²) in [7, 11) is 2.70. The number of aryl methyl sites for hydroxylation is 1. The number of guanidine groups is 1. The van der Waals surface area contributed by atoms with E-state index in [1.807, 2.05) is 0 Å². The van der Waals surface area contributed by atoms with Crippen molar-refractivity contribution in [1.82, 2.24) is 10.6 Å². The topological polar surface area (TPSA) is 75.9 Å². The molecule has 0 saturated heterocycles. The molecule has 1 aromatic rings. The Hall–Kier alpha value is -2.19. The summed E-state index contributed by atoms with van der Waals surface area (Å²) in [6.07, 6.45) is -5.18. The van der Waals surface area contributed by atoms with Crippen molar-refractivity contribution in [2.75, 3.05) is 20.7 Å². The molecular weight excluding hydrogens is 303 g/mol. The zero-order valence-corrected chi connectivity index (χ0v) is 12.5. The van der Waals surface area contributed by atoms with E-state index in [9.17, 15) is 18.0 Å². The lowest BCUT2D eigenvalue weighted by Gasteiger charge is -2.12. The molecule has 0 aliphatic heterocycles. The van der Waals surface area contributed by atoms with Gasteiger partial charge in [-0.05, 0) is 13.0 Å². The third-order valence-corrected chi connectivity index (χ3v) is 2.73. The summed E-state index contributed by atoms with van der Waals surface area (Å²) in [5.41, 5.74) is 0.305. The van der Waals surface area contributed by atoms with Crippen LogP contribution in [0.3, 0.4) is 0 Å². The van der Waals surface area contributed by atoms with Crippen LogP contribution in [0.5, 0.6) is 0 Å². The highest BCUT2D eigenvalue weighted by Crippen LogP contribution is 2.18. The van der Waals surface area contributed by atoms with Gasteiger partial charge in [-0.15, -0.1) is 0 Å². The number of alkyl halides is 3. The standard InChI is InChI=1S/C13H18F3N3O3/c1-8-10(11(20)21-3)6-9(22-8)7-19-12(17-2)18-5-4-13(14,15)16/h6H,4-5,7H2,1-3H3,(H2,17,18,19). The summed E-state index contributed by atoms with van der Waals surface area (Å²) in [4.78, 5) is 15.2. The van der Waals surface area contributed by atoms with Gasteiger partial charge in [0.15, 0.2) is 5.96 Å². The molecule has 0 atom stereocenters. The van der Waals surface area contributed by atoms with E-state index in [1.165, 1.54) is 20.2 Å². The number of rotatable bonds is 5. The Kier molecular flexibility index (Phi) is 6.26. The van der Waals surface area contributed by atoms with Crippen LogP contribution in [0, 0.1) is 6.92 Å². The lowest BCUT2D eigenvalue weighted by Crippen LogP contribution is -2.38. The largest absolute Gasteiger partial charge is 0.465 e. The Morgan fingerprint density at radius 1 is 1.41 bits per heavy atom. The zero-order valence-electron chi connectivity index (χ0n) is 12.5. The van der Waals surface area contributed by atoms with Gasteiger partial charge in [0.1, 0.15) is 17.1 Å². The van der Waals surface area contributed by atoms with Gasteiger partial charge in [-0.3, -0.25) is 4.99 Å². The van der Waals surface area contributed by atoms with Crippen molar-refractivity contribution in [3.8, 4) is 0 Å². The Labute approximate surface area is 125 Å². The number of esters is 1. The average molecular weight is 321 g/mol. The van der Waals surface area contributed by atoms with Crippen LogP contribution < -0.4 is 10.6 Å². The number of ether oxygens (including phenoxy) is 1. The van der Waals surface area contributed by atoms with E-state index in [2.05, 4.69) is 20.4 Å². The molecule has 0 saturated carbocycles. The van der Waals surface area contributed by atoms with E-state index in [-0.39, 0.29) is 19.0 Å². The van der Waals surface area contributed by atoms with E-state index >= 15 is 0 Å². The number of carbonyl (C=O) groups is 1. The fourth-order valence-corrected chi connectivity index (χ4v) is 1.66. The van der Waals surface area contributed by atoms with Gasteiger partial charge in [0.25, 0.3) is 0 Å². The van der Waals surface area contributed by atoms with E-state index in [0.29, 0.717) is 17.1 Å². The van der Waals surface area contributed by atoms with Gasteiger partial charge in [-0.1, -0.05) is 0 Å². The average Bonchev–Trinajstić information content (AvgIpc) is 2.81. The summed E-state index contributed by atoms with van der Waals surface area (Å²) >= 11 is 0. The van der Waals surface area contributed by atoms with Gasteiger partial charge < -0.3 is 19.8 Å². The minimum atomic E-state index is -4.22. The van der Waals surface area contributed by atoms with Crippen LogP contribution in [0.2, 0.25) is 0 Å². The number of nitrogens with zero attached hydrogens (tertiary/aromatic N) is 1. The lowest BCUT2D eigenvalue weighted by molar-refractivity contribution is -0.132. The van der Waals surface area contributed by atoms with Gasteiger partial charge in [0, 0.05) is 13.6 Å². The highest BCUT2D eigenvalue weighted by atomic mass is 19.4. The van der Waals surface area contributed by atoms with E-state index in [0.717, 1.165) is 0 Å². The number of methoxy groups -OCH3 is 1. The summed E-state index contributed by atoms with van der Waals surface area (Å²) in [6, 6.07) is 1.51. The molecule has 2 N–H and O–H groups in total. The van der Waals surface area contributed by atoms with Gasteiger partial charge in [0.05, 0.1) is 20.1 Å². The van der Waals surface area contributed by atoms with Crippen molar-refractivity contribution in [1.29, 1.82) is 0 Å². The predicted molar refractivity (Wildman–Crippen MR) is 73.7 cm³/mol. The van der Waals surface area contributed by atoms with Crippen LogP contribution in [0.25, 0.3) is 0 Å². The quantitative estimate of drug-likeness (QED) is 0.493. The molecule has 1 heterocycles. The number of hydrogen-bond acceptors (Lipinski definition) is 4. The third kappa shape index (κ3) is 5.66. The van der Waals surface area contributed by atoms with Crippen LogP contribution in [0.15, 0.2) is 15.5 Å².